The van der Waals surface area contributed by atoms with E-state index in [1.807, 2.05) is 36.6 Å². The molecule has 5 nitrogen and oxygen atoms in total. The van der Waals surface area contributed by atoms with Crippen molar-refractivity contribution >= 4 is 27.7 Å². The molecule has 0 spiro atoms. The number of nitrogens with zero attached hydrogens (tertiary/aromatic N) is 3. The molecule has 0 N–H and O–H groups in total. The Balaban J connectivity index is 1.75. The molecule has 0 aliphatic carbocycles. The molecular weight excluding hydrogens is 547 g/mol. The molecule has 0 radical (unpaired) electrons. The fourth-order valence-corrected chi connectivity index (χ4v) is 4.42. The maximum Gasteiger partial charge on any atom is 0.416 e. The van der Waals surface area contributed by atoms with Gasteiger partial charge in [0.15, 0.2) is 0 Å². The third kappa shape index (κ3) is 7.95. The Morgan fingerprint density at radius 1 is 0.973 bits per heavy atom. The first-order valence-electron chi connectivity index (χ1n) is 12.2. The van der Waals surface area contributed by atoms with E-state index in [1.54, 1.807) is 35.4 Å². The molecule has 0 saturated heterocycles. The van der Waals surface area contributed by atoms with Gasteiger partial charge in [0.25, 0.3) is 5.91 Å². The van der Waals surface area contributed by atoms with Crippen LogP contribution >= 0.6 is 15.9 Å². The van der Waals surface area contributed by atoms with E-state index in [0.717, 1.165) is 35.1 Å². The van der Waals surface area contributed by atoms with Gasteiger partial charge in [0, 0.05) is 41.6 Å². The van der Waals surface area contributed by atoms with Gasteiger partial charge < -0.3 is 14.4 Å². The normalized spacial score (nSPS) is 11.4. The molecule has 37 heavy (non-hydrogen) atoms. The van der Waals surface area contributed by atoms with Gasteiger partial charge in [0.1, 0.15) is 6.54 Å². The average Bonchev–Trinajstić information content (AvgIpc) is 3.30. The largest absolute Gasteiger partial charge is 0.416 e. The van der Waals surface area contributed by atoms with Gasteiger partial charge in [0.05, 0.1) is 12.1 Å². The number of aromatic nitrogens is 1. The lowest BCUT2D eigenvalue weighted by molar-refractivity contribution is -0.137. The maximum absolute atomic E-state index is 13.4. The minimum Gasteiger partial charge on any atom is -0.345 e. The second-order valence-electron chi connectivity index (χ2n) is 8.82. The molecule has 0 fully saturated rings. The number of rotatable bonds is 11. The molecule has 0 saturated carbocycles. The molecule has 2 aromatic carbocycles. The third-order valence-electron chi connectivity index (χ3n) is 6.08. The maximum atomic E-state index is 13.4. The highest BCUT2D eigenvalue weighted by molar-refractivity contribution is 9.10. The summed E-state index contributed by atoms with van der Waals surface area (Å²) in [6, 6.07) is 16.0. The fraction of sp³-hybridized carbons (Fsp3) is 0.357. The van der Waals surface area contributed by atoms with Crippen LogP contribution in [0.2, 0.25) is 0 Å². The smallest absolute Gasteiger partial charge is 0.345 e. The molecule has 0 aliphatic heterocycles. The van der Waals surface area contributed by atoms with Crippen LogP contribution in [0.5, 0.6) is 0 Å². The van der Waals surface area contributed by atoms with E-state index < -0.39 is 11.7 Å². The van der Waals surface area contributed by atoms with Crippen molar-refractivity contribution in [1.82, 2.24) is 14.4 Å². The second-order valence-corrected chi connectivity index (χ2v) is 9.74. The van der Waals surface area contributed by atoms with Crippen LogP contribution in [0.1, 0.15) is 53.9 Å². The number of carbonyl (C=O) groups is 2. The van der Waals surface area contributed by atoms with Crippen LogP contribution in [0, 0.1) is 0 Å². The summed E-state index contributed by atoms with van der Waals surface area (Å²) < 4.78 is 42.1. The fourth-order valence-electron chi connectivity index (χ4n) is 4.02. The van der Waals surface area contributed by atoms with Crippen LogP contribution in [-0.2, 0) is 24.1 Å². The summed E-state index contributed by atoms with van der Waals surface area (Å²) in [6.45, 7) is 5.27. The number of unbranched alkanes of at least 4 members (excludes halogenated alkanes) is 1. The first-order valence-corrected chi connectivity index (χ1v) is 13.0. The number of amides is 2. The highest BCUT2D eigenvalue weighted by Crippen LogP contribution is 2.29. The van der Waals surface area contributed by atoms with Crippen molar-refractivity contribution in [2.24, 2.45) is 0 Å². The van der Waals surface area contributed by atoms with E-state index in [4.69, 9.17) is 0 Å². The SMILES string of the molecule is CCCCN(Cc1cccn1Cc1cccc(C(F)(F)F)c1)C(=O)CN(CC)C(=O)c1cccc(Br)c1. The van der Waals surface area contributed by atoms with Gasteiger partial charge in [-0.25, -0.2) is 0 Å². The Morgan fingerprint density at radius 2 is 1.73 bits per heavy atom. The molecule has 0 aliphatic rings. The van der Waals surface area contributed by atoms with Gasteiger partial charge in [-0.15, -0.1) is 0 Å². The molecule has 0 atom stereocenters. The summed E-state index contributed by atoms with van der Waals surface area (Å²) in [7, 11) is 0. The van der Waals surface area contributed by atoms with Crippen LogP contribution < -0.4 is 0 Å². The number of carbonyl (C=O) groups excluding carboxylic acids is 2. The molecule has 3 aromatic rings. The minimum absolute atomic E-state index is 0.0557. The summed E-state index contributed by atoms with van der Waals surface area (Å²) in [5.74, 6) is -0.397. The van der Waals surface area contributed by atoms with E-state index in [-0.39, 0.29) is 24.9 Å². The monoisotopic (exact) mass is 577 g/mol. The number of halogens is 4. The van der Waals surface area contributed by atoms with Gasteiger partial charge in [-0.3, -0.25) is 9.59 Å². The topological polar surface area (TPSA) is 45.6 Å². The number of hydrogen-bond acceptors (Lipinski definition) is 2. The Morgan fingerprint density at radius 3 is 2.41 bits per heavy atom. The predicted molar refractivity (Wildman–Crippen MR) is 141 cm³/mol. The Bertz CT molecular complexity index is 1210. The van der Waals surface area contributed by atoms with Crippen LogP contribution in [0.4, 0.5) is 13.2 Å². The van der Waals surface area contributed by atoms with E-state index in [9.17, 15) is 22.8 Å². The molecular formula is C28H31BrF3N3O2. The van der Waals surface area contributed by atoms with E-state index in [1.165, 1.54) is 11.0 Å². The lowest BCUT2D eigenvalue weighted by atomic mass is 10.1. The summed E-state index contributed by atoms with van der Waals surface area (Å²) in [5, 5.41) is 0. The number of hydrogen-bond donors (Lipinski definition) is 0. The van der Waals surface area contributed by atoms with Gasteiger partial charge in [-0.05, 0) is 61.4 Å². The van der Waals surface area contributed by atoms with E-state index >= 15 is 0 Å². The van der Waals surface area contributed by atoms with Crippen molar-refractivity contribution in [1.29, 1.82) is 0 Å². The van der Waals surface area contributed by atoms with Crippen molar-refractivity contribution in [3.63, 3.8) is 0 Å². The highest BCUT2D eigenvalue weighted by Gasteiger charge is 2.30. The summed E-state index contributed by atoms with van der Waals surface area (Å²) in [6.07, 6.45) is -0.917. The van der Waals surface area contributed by atoms with Crippen molar-refractivity contribution in [3.05, 3.63) is 93.7 Å². The zero-order valence-corrected chi connectivity index (χ0v) is 22.6. The average molecular weight is 578 g/mol. The van der Waals surface area contributed by atoms with Gasteiger partial charge in [-0.1, -0.05) is 47.5 Å². The minimum atomic E-state index is -4.41. The molecule has 9 heteroatoms. The van der Waals surface area contributed by atoms with Crippen molar-refractivity contribution in [2.75, 3.05) is 19.6 Å². The number of alkyl halides is 3. The molecule has 198 valence electrons. The molecule has 3 rings (SSSR count). The Kier molecular flexibility index (Phi) is 9.97. The van der Waals surface area contributed by atoms with Crippen LogP contribution in [0.25, 0.3) is 0 Å². The lowest BCUT2D eigenvalue weighted by Gasteiger charge is -2.27. The van der Waals surface area contributed by atoms with Gasteiger partial charge in [-0.2, -0.15) is 13.2 Å². The third-order valence-corrected chi connectivity index (χ3v) is 6.58. The van der Waals surface area contributed by atoms with Crippen molar-refractivity contribution in [2.45, 2.75) is 46.0 Å². The van der Waals surface area contributed by atoms with Crippen molar-refractivity contribution < 1.29 is 22.8 Å². The highest BCUT2D eigenvalue weighted by atomic mass is 79.9. The number of benzene rings is 2. The molecule has 2 amide bonds. The van der Waals surface area contributed by atoms with Crippen LogP contribution in [0.3, 0.4) is 0 Å². The standard InChI is InChI=1S/C28H31BrF3N3O2/c1-3-5-14-35(26(36)20-33(4-2)27(37)22-10-7-12-24(29)17-22)19-25-13-8-15-34(25)18-21-9-6-11-23(16-21)28(30,31)32/h6-13,15-17H,3-5,14,18-20H2,1-2H3. The first-order chi connectivity index (χ1) is 17.6. The van der Waals surface area contributed by atoms with E-state index in [2.05, 4.69) is 15.9 Å². The van der Waals surface area contributed by atoms with Crippen LogP contribution in [-0.4, -0.2) is 45.8 Å². The predicted octanol–water partition coefficient (Wildman–Crippen LogP) is 6.61. The Labute approximate surface area is 224 Å². The summed E-state index contributed by atoms with van der Waals surface area (Å²) in [4.78, 5) is 29.6. The first kappa shape index (κ1) is 28.5. The number of likely N-dealkylation sites (N-methyl/N-ethyl adjacent to an activating group) is 1. The van der Waals surface area contributed by atoms with E-state index in [0.29, 0.717) is 30.8 Å². The quantitative estimate of drug-likeness (QED) is 0.257. The van der Waals surface area contributed by atoms with Gasteiger partial charge in [0.2, 0.25) is 5.91 Å². The van der Waals surface area contributed by atoms with Crippen molar-refractivity contribution in [3.8, 4) is 0 Å². The lowest BCUT2D eigenvalue weighted by Crippen LogP contribution is -2.43. The molecule has 1 aromatic heterocycles. The Hall–Kier alpha value is -3.07. The van der Waals surface area contributed by atoms with Gasteiger partial charge >= 0.3 is 6.18 Å². The second kappa shape index (κ2) is 12.9. The van der Waals surface area contributed by atoms with Crippen LogP contribution in [0.15, 0.2) is 71.3 Å². The molecule has 0 unspecified atom stereocenters. The summed E-state index contributed by atoms with van der Waals surface area (Å²) >= 11 is 3.38. The zero-order valence-electron chi connectivity index (χ0n) is 21.0. The molecule has 0 bridgehead atoms. The molecule has 1 heterocycles. The summed E-state index contributed by atoms with van der Waals surface area (Å²) in [5.41, 5.74) is 1.14. The zero-order chi connectivity index (χ0) is 27.0.